The molecule has 1 atom stereocenters. The molecule has 0 aliphatic heterocycles. The summed E-state index contributed by atoms with van der Waals surface area (Å²) < 4.78 is 31.9. The monoisotopic (exact) mass is 376 g/mol. The maximum Gasteiger partial charge on any atom is 0.243 e. The molecule has 142 valence electrons. The quantitative estimate of drug-likeness (QED) is 0.727. The normalized spacial score (nSPS) is 13.0. The zero-order chi connectivity index (χ0) is 19.2. The molecule has 2 aromatic rings. The van der Waals surface area contributed by atoms with Gasteiger partial charge in [0.1, 0.15) is 5.75 Å². The van der Waals surface area contributed by atoms with E-state index in [1.807, 2.05) is 50.2 Å². The first kappa shape index (κ1) is 20.4. The van der Waals surface area contributed by atoms with E-state index < -0.39 is 10.0 Å². The lowest BCUT2D eigenvalue weighted by Gasteiger charge is -2.19. The van der Waals surface area contributed by atoms with Crippen LogP contribution in [0.1, 0.15) is 37.9 Å². The molecule has 2 aromatic carbocycles. The van der Waals surface area contributed by atoms with Crippen molar-refractivity contribution in [1.29, 1.82) is 0 Å². The summed E-state index contributed by atoms with van der Waals surface area (Å²) in [7, 11) is -1.75. The first-order valence-electron chi connectivity index (χ1n) is 8.89. The van der Waals surface area contributed by atoms with Crippen LogP contribution >= 0.6 is 0 Å². The summed E-state index contributed by atoms with van der Waals surface area (Å²) in [5, 5.41) is 3.45. The van der Waals surface area contributed by atoms with E-state index in [0.29, 0.717) is 24.5 Å². The third-order valence-electron chi connectivity index (χ3n) is 4.51. The number of nitrogens with zero attached hydrogens (tertiary/aromatic N) is 1. The number of rotatable bonds is 9. The lowest BCUT2D eigenvalue weighted by molar-refractivity contribution is 0.406. The van der Waals surface area contributed by atoms with Crippen LogP contribution in [-0.4, -0.2) is 32.9 Å². The molecule has 26 heavy (non-hydrogen) atoms. The predicted molar refractivity (Wildman–Crippen MR) is 105 cm³/mol. The van der Waals surface area contributed by atoms with Crippen LogP contribution < -0.4 is 10.1 Å². The van der Waals surface area contributed by atoms with Crippen LogP contribution in [0.15, 0.2) is 53.4 Å². The molecule has 0 saturated carbocycles. The van der Waals surface area contributed by atoms with Crippen LogP contribution in [0.4, 0.5) is 0 Å². The van der Waals surface area contributed by atoms with Crippen LogP contribution in [-0.2, 0) is 16.6 Å². The van der Waals surface area contributed by atoms with Crippen LogP contribution in [0.25, 0.3) is 0 Å². The Kier molecular flexibility index (Phi) is 7.20. The molecular formula is C20H28N2O3S. The highest BCUT2D eigenvalue weighted by atomic mass is 32.2. The van der Waals surface area contributed by atoms with Crippen molar-refractivity contribution in [3.63, 3.8) is 0 Å². The molecule has 1 unspecified atom stereocenters. The average molecular weight is 377 g/mol. The van der Waals surface area contributed by atoms with Crippen LogP contribution in [0, 0.1) is 0 Å². The highest BCUT2D eigenvalue weighted by molar-refractivity contribution is 7.89. The molecule has 2 rings (SSSR count). The first-order chi connectivity index (χ1) is 12.4. The molecule has 0 aromatic heterocycles. The largest absolute Gasteiger partial charge is 0.496 e. The first-order valence-corrected chi connectivity index (χ1v) is 10.3. The molecule has 0 radical (unpaired) electrons. The van der Waals surface area contributed by atoms with E-state index in [9.17, 15) is 8.42 Å². The van der Waals surface area contributed by atoms with Gasteiger partial charge in [0, 0.05) is 31.2 Å². The maximum atomic E-state index is 12.6. The summed E-state index contributed by atoms with van der Waals surface area (Å²) in [4.78, 5) is 0.335. The van der Waals surface area contributed by atoms with Gasteiger partial charge in [0.25, 0.3) is 0 Å². The van der Waals surface area contributed by atoms with Gasteiger partial charge >= 0.3 is 0 Å². The minimum absolute atomic E-state index is 0.0881. The molecule has 0 aliphatic carbocycles. The Hall–Kier alpha value is -1.89. The van der Waals surface area contributed by atoms with Gasteiger partial charge in [-0.15, -0.1) is 0 Å². The Morgan fingerprint density at radius 2 is 1.65 bits per heavy atom. The molecule has 5 nitrogen and oxygen atoms in total. The van der Waals surface area contributed by atoms with E-state index in [0.717, 1.165) is 16.9 Å². The smallest absolute Gasteiger partial charge is 0.243 e. The van der Waals surface area contributed by atoms with Gasteiger partial charge in [0.2, 0.25) is 10.0 Å². The molecule has 6 heteroatoms. The van der Waals surface area contributed by atoms with E-state index in [4.69, 9.17) is 4.74 Å². The number of benzene rings is 2. The number of methoxy groups -OCH3 is 1. The van der Waals surface area contributed by atoms with Gasteiger partial charge in [-0.25, -0.2) is 8.42 Å². The maximum absolute atomic E-state index is 12.6. The number of para-hydroxylation sites is 1. The summed E-state index contributed by atoms with van der Waals surface area (Å²) in [5.74, 6) is 0.855. The fourth-order valence-corrected chi connectivity index (χ4v) is 4.33. The highest BCUT2D eigenvalue weighted by Gasteiger charge is 2.21. The van der Waals surface area contributed by atoms with E-state index >= 15 is 0 Å². The number of ether oxygens (including phenoxy) is 1. The molecule has 0 amide bonds. The second-order valence-electron chi connectivity index (χ2n) is 6.07. The topological polar surface area (TPSA) is 58.6 Å². The van der Waals surface area contributed by atoms with Crippen molar-refractivity contribution in [3.05, 3.63) is 59.7 Å². The van der Waals surface area contributed by atoms with E-state index in [1.165, 1.54) is 4.31 Å². The molecule has 0 aliphatic rings. The predicted octanol–water partition coefficient (Wildman–Crippen LogP) is 3.58. The third kappa shape index (κ3) is 4.63. The fourth-order valence-electron chi connectivity index (χ4n) is 2.87. The molecule has 0 heterocycles. The molecule has 0 bridgehead atoms. The molecule has 1 N–H and O–H groups in total. The van der Waals surface area contributed by atoms with Crippen LogP contribution in [0.3, 0.4) is 0 Å². The molecular weight excluding hydrogens is 348 g/mol. The summed E-state index contributed by atoms with van der Waals surface area (Å²) in [6.45, 7) is 7.36. The summed E-state index contributed by atoms with van der Waals surface area (Å²) >= 11 is 0. The lowest BCUT2D eigenvalue weighted by atomic mass is 10.1. The van der Waals surface area contributed by atoms with Gasteiger partial charge in [-0.3, -0.25) is 0 Å². The van der Waals surface area contributed by atoms with Crippen LogP contribution in [0.2, 0.25) is 0 Å². The van der Waals surface area contributed by atoms with Crippen molar-refractivity contribution in [3.8, 4) is 5.75 Å². The minimum atomic E-state index is -3.41. The van der Waals surface area contributed by atoms with Gasteiger partial charge in [-0.05, 0) is 30.7 Å². The van der Waals surface area contributed by atoms with Gasteiger partial charge in [-0.2, -0.15) is 4.31 Å². The van der Waals surface area contributed by atoms with Crippen molar-refractivity contribution in [2.75, 3.05) is 20.2 Å². The van der Waals surface area contributed by atoms with E-state index in [1.54, 1.807) is 19.2 Å². The average Bonchev–Trinajstić information content (AvgIpc) is 2.67. The molecule has 0 saturated heterocycles. The standard InChI is InChI=1S/C20H28N2O3S/c1-5-22(6-2)26(23,24)19-13-11-17(12-14-19)16(3)21-15-18-9-7-8-10-20(18)25-4/h7-14,16,21H,5-6,15H2,1-4H3. The Balaban J connectivity index is 2.08. The zero-order valence-corrected chi connectivity index (χ0v) is 16.7. The van der Waals surface area contributed by atoms with Gasteiger partial charge in [-0.1, -0.05) is 44.2 Å². The van der Waals surface area contributed by atoms with Crippen molar-refractivity contribution < 1.29 is 13.2 Å². The third-order valence-corrected chi connectivity index (χ3v) is 6.58. The van der Waals surface area contributed by atoms with Gasteiger partial charge in [0.15, 0.2) is 0 Å². The number of hydrogen-bond donors (Lipinski definition) is 1. The Labute approximate surface area is 157 Å². The minimum Gasteiger partial charge on any atom is -0.496 e. The summed E-state index contributed by atoms with van der Waals surface area (Å²) in [6, 6.07) is 15.1. The Morgan fingerprint density at radius 1 is 1.04 bits per heavy atom. The lowest BCUT2D eigenvalue weighted by Crippen LogP contribution is -2.30. The van der Waals surface area contributed by atoms with Gasteiger partial charge in [0.05, 0.1) is 12.0 Å². The van der Waals surface area contributed by atoms with Crippen molar-refractivity contribution in [2.45, 2.75) is 38.3 Å². The van der Waals surface area contributed by atoms with Crippen LogP contribution in [0.5, 0.6) is 5.75 Å². The Morgan fingerprint density at radius 3 is 2.23 bits per heavy atom. The fraction of sp³-hybridized carbons (Fsp3) is 0.400. The molecule has 0 fully saturated rings. The number of nitrogens with one attached hydrogen (secondary N) is 1. The van der Waals surface area contributed by atoms with Gasteiger partial charge < -0.3 is 10.1 Å². The Bertz CT molecular complexity index is 800. The molecule has 0 spiro atoms. The summed E-state index contributed by atoms with van der Waals surface area (Å²) in [5.41, 5.74) is 2.13. The SMILES string of the molecule is CCN(CC)S(=O)(=O)c1ccc(C(C)NCc2ccccc2OC)cc1. The highest BCUT2D eigenvalue weighted by Crippen LogP contribution is 2.21. The second kappa shape index (κ2) is 9.16. The zero-order valence-electron chi connectivity index (χ0n) is 15.9. The van der Waals surface area contributed by atoms with E-state index in [2.05, 4.69) is 12.2 Å². The van der Waals surface area contributed by atoms with Crippen molar-refractivity contribution >= 4 is 10.0 Å². The second-order valence-corrected chi connectivity index (χ2v) is 8.01. The van der Waals surface area contributed by atoms with E-state index in [-0.39, 0.29) is 6.04 Å². The van der Waals surface area contributed by atoms with Crippen molar-refractivity contribution in [2.24, 2.45) is 0 Å². The summed E-state index contributed by atoms with van der Waals surface area (Å²) in [6.07, 6.45) is 0. The number of sulfonamides is 1. The number of hydrogen-bond acceptors (Lipinski definition) is 4. The van der Waals surface area contributed by atoms with Crippen molar-refractivity contribution in [1.82, 2.24) is 9.62 Å².